The molecule has 2 heterocycles. The second-order valence-electron chi connectivity index (χ2n) is 5.22. The van der Waals surface area contributed by atoms with Crippen LogP contribution in [0.1, 0.15) is 29.4 Å². The zero-order valence-corrected chi connectivity index (χ0v) is 12.5. The van der Waals surface area contributed by atoms with Gasteiger partial charge in [0.25, 0.3) is 5.91 Å². The van der Waals surface area contributed by atoms with Gasteiger partial charge in [-0.3, -0.25) is 9.59 Å². The summed E-state index contributed by atoms with van der Waals surface area (Å²) in [6, 6.07) is 6.99. The van der Waals surface area contributed by atoms with Crippen molar-refractivity contribution < 1.29 is 19.1 Å². The molecule has 0 aliphatic rings. The fourth-order valence-corrected chi connectivity index (χ4v) is 2.09. The Hall–Kier alpha value is -2.63. The summed E-state index contributed by atoms with van der Waals surface area (Å²) in [6.45, 7) is 3.84. The van der Waals surface area contributed by atoms with E-state index in [0.29, 0.717) is 29.3 Å². The molecule has 1 unspecified atom stereocenters. The number of aryl methyl sites for hydroxylation is 1. The topological polar surface area (TPSA) is 92.4 Å². The van der Waals surface area contributed by atoms with E-state index < -0.39 is 5.97 Å². The molecule has 0 aliphatic heterocycles. The van der Waals surface area contributed by atoms with Gasteiger partial charge in [0, 0.05) is 13.0 Å². The number of furan rings is 1. The lowest BCUT2D eigenvalue weighted by Gasteiger charge is -2.11. The van der Waals surface area contributed by atoms with Crippen LogP contribution in [0.15, 0.2) is 34.9 Å². The number of rotatable bonds is 6. The van der Waals surface area contributed by atoms with Crippen molar-refractivity contribution in [2.75, 3.05) is 6.54 Å². The molecule has 2 aromatic rings. The number of carbonyl (C=O) groups is 2. The van der Waals surface area contributed by atoms with Crippen molar-refractivity contribution in [1.82, 2.24) is 10.3 Å². The number of hydrogen-bond acceptors (Lipinski definition) is 4. The maximum absolute atomic E-state index is 12.1. The average Bonchev–Trinajstić information content (AvgIpc) is 2.98. The first kappa shape index (κ1) is 15.8. The van der Waals surface area contributed by atoms with Gasteiger partial charge in [-0.25, -0.2) is 4.98 Å². The quantitative estimate of drug-likeness (QED) is 0.855. The van der Waals surface area contributed by atoms with E-state index in [1.54, 1.807) is 44.4 Å². The lowest BCUT2D eigenvalue weighted by Crippen LogP contribution is -2.29. The molecule has 6 heteroatoms. The summed E-state index contributed by atoms with van der Waals surface area (Å²) >= 11 is 0. The van der Waals surface area contributed by atoms with Crippen LogP contribution in [0, 0.1) is 12.8 Å². The van der Waals surface area contributed by atoms with Gasteiger partial charge < -0.3 is 14.8 Å². The summed E-state index contributed by atoms with van der Waals surface area (Å²) in [4.78, 5) is 27.1. The summed E-state index contributed by atoms with van der Waals surface area (Å²) in [7, 11) is 0. The number of nitrogens with zero attached hydrogens (tertiary/aromatic N) is 1. The SMILES string of the molecule is Cc1nc(-c2ccco2)ccc1C(=O)NCC(C)CC(=O)O. The van der Waals surface area contributed by atoms with Crippen LogP contribution in [0.5, 0.6) is 0 Å². The third-order valence-electron chi connectivity index (χ3n) is 3.24. The number of carbonyl (C=O) groups excluding carboxylic acids is 1. The van der Waals surface area contributed by atoms with Crippen molar-refractivity contribution in [1.29, 1.82) is 0 Å². The molecule has 2 rings (SSSR count). The molecule has 0 fully saturated rings. The fourth-order valence-electron chi connectivity index (χ4n) is 2.09. The smallest absolute Gasteiger partial charge is 0.303 e. The molecule has 0 bridgehead atoms. The van der Waals surface area contributed by atoms with Crippen molar-refractivity contribution in [2.24, 2.45) is 5.92 Å². The van der Waals surface area contributed by atoms with Crippen molar-refractivity contribution in [3.8, 4) is 11.5 Å². The Labute approximate surface area is 128 Å². The van der Waals surface area contributed by atoms with Crippen molar-refractivity contribution in [3.63, 3.8) is 0 Å². The van der Waals surface area contributed by atoms with E-state index in [9.17, 15) is 9.59 Å². The Morgan fingerprint density at radius 1 is 1.36 bits per heavy atom. The van der Waals surface area contributed by atoms with Gasteiger partial charge in [0.1, 0.15) is 5.69 Å². The Morgan fingerprint density at radius 2 is 2.14 bits per heavy atom. The van der Waals surface area contributed by atoms with Crippen molar-refractivity contribution in [3.05, 3.63) is 41.8 Å². The van der Waals surface area contributed by atoms with Crippen LogP contribution in [0.4, 0.5) is 0 Å². The van der Waals surface area contributed by atoms with E-state index in [1.807, 2.05) is 0 Å². The average molecular weight is 302 g/mol. The van der Waals surface area contributed by atoms with Crippen LogP contribution < -0.4 is 5.32 Å². The molecule has 0 radical (unpaired) electrons. The van der Waals surface area contributed by atoms with Crippen molar-refractivity contribution in [2.45, 2.75) is 20.3 Å². The van der Waals surface area contributed by atoms with E-state index in [2.05, 4.69) is 10.3 Å². The summed E-state index contributed by atoms with van der Waals surface area (Å²) < 4.78 is 5.27. The van der Waals surface area contributed by atoms with Crippen LogP contribution in [0.2, 0.25) is 0 Å². The van der Waals surface area contributed by atoms with Crippen LogP contribution in [-0.2, 0) is 4.79 Å². The lowest BCUT2D eigenvalue weighted by molar-refractivity contribution is -0.137. The zero-order valence-electron chi connectivity index (χ0n) is 12.5. The number of nitrogens with one attached hydrogen (secondary N) is 1. The third-order valence-corrected chi connectivity index (χ3v) is 3.24. The van der Waals surface area contributed by atoms with Gasteiger partial charge in [0.15, 0.2) is 5.76 Å². The van der Waals surface area contributed by atoms with Crippen LogP contribution in [0.3, 0.4) is 0 Å². The highest BCUT2D eigenvalue weighted by Crippen LogP contribution is 2.19. The maximum Gasteiger partial charge on any atom is 0.303 e. The molecule has 116 valence electrons. The number of carboxylic acid groups (broad SMARTS) is 1. The van der Waals surface area contributed by atoms with Gasteiger partial charge in [-0.1, -0.05) is 6.92 Å². The second-order valence-corrected chi connectivity index (χ2v) is 5.22. The van der Waals surface area contributed by atoms with Gasteiger partial charge in [0.2, 0.25) is 0 Å². The predicted octanol–water partition coefficient (Wildman–Crippen LogP) is 2.49. The Bertz CT molecular complexity index is 665. The number of carboxylic acids is 1. The Kier molecular flexibility index (Phi) is 4.93. The minimum Gasteiger partial charge on any atom is -0.481 e. The monoisotopic (exact) mass is 302 g/mol. The summed E-state index contributed by atoms with van der Waals surface area (Å²) in [5.41, 5.74) is 1.73. The van der Waals surface area contributed by atoms with Crippen molar-refractivity contribution >= 4 is 11.9 Å². The molecular weight excluding hydrogens is 284 g/mol. The van der Waals surface area contributed by atoms with Gasteiger partial charge in [-0.2, -0.15) is 0 Å². The lowest BCUT2D eigenvalue weighted by atomic mass is 10.1. The molecule has 0 saturated carbocycles. The van der Waals surface area contributed by atoms with Crippen LogP contribution >= 0.6 is 0 Å². The molecular formula is C16H18N2O4. The Morgan fingerprint density at radius 3 is 2.73 bits per heavy atom. The number of aromatic nitrogens is 1. The Balaban J connectivity index is 2.03. The third kappa shape index (κ3) is 3.94. The minimum absolute atomic E-state index is 0.0228. The molecule has 1 amide bonds. The van der Waals surface area contributed by atoms with Crippen LogP contribution in [0.25, 0.3) is 11.5 Å². The largest absolute Gasteiger partial charge is 0.481 e. The molecule has 0 spiro atoms. The van der Waals surface area contributed by atoms with Gasteiger partial charge in [-0.05, 0) is 37.1 Å². The first-order chi connectivity index (χ1) is 10.5. The molecule has 6 nitrogen and oxygen atoms in total. The predicted molar refractivity (Wildman–Crippen MR) is 80.4 cm³/mol. The zero-order chi connectivity index (χ0) is 16.1. The molecule has 2 N–H and O–H groups in total. The van der Waals surface area contributed by atoms with Gasteiger partial charge in [-0.15, -0.1) is 0 Å². The number of amides is 1. The maximum atomic E-state index is 12.1. The first-order valence-electron chi connectivity index (χ1n) is 6.99. The van der Waals surface area contributed by atoms with E-state index in [4.69, 9.17) is 9.52 Å². The highest BCUT2D eigenvalue weighted by Gasteiger charge is 2.14. The molecule has 22 heavy (non-hydrogen) atoms. The highest BCUT2D eigenvalue weighted by molar-refractivity contribution is 5.95. The normalized spacial score (nSPS) is 11.9. The van der Waals surface area contributed by atoms with E-state index in [1.165, 1.54) is 0 Å². The van der Waals surface area contributed by atoms with Gasteiger partial charge in [0.05, 0.1) is 17.5 Å². The van der Waals surface area contributed by atoms with E-state index in [-0.39, 0.29) is 18.2 Å². The molecule has 0 aliphatic carbocycles. The standard InChI is InChI=1S/C16H18N2O4/c1-10(8-15(19)20)9-17-16(21)12-5-6-13(18-11(12)2)14-4-3-7-22-14/h3-7,10H,8-9H2,1-2H3,(H,17,21)(H,19,20). The summed E-state index contributed by atoms with van der Waals surface area (Å²) in [6.07, 6.45) is 1.59. The molecule has 0 aromatic carbocycles. The van der Waals surface area contributed by atoms with Gasteiger partial charge >= 0.3 is 5.97 Å². The number of pyridine rings is 1. The molecule has 1 atom stereocenters. The summed E-state index contributed by atoms with van der Waals surface area (Å²) in [5.74, 6) is -0.613. The number of hydrogen-bond donors (Lipinski definition) is 2. The highest BCUT2D eigenvalue weighted by atomic mass is 16.4. The molecule has 0 saturated heterocycles. The number of aliphatic carboxylic acids is 1. The van der Waals surface area contributed by atoms with E-state index >= 15 is 0 Å². The summed E-state index contributed by atoms with van der Waals surface area (Å²) in [5, 5.41) is 11.4. The fraction of sp³-hybridized carbons (Fsp3) is 0.312. The molecule has 2 aromatic heterocycles. The van der Waals surface area contributed by atoms with Crippen LogP contribution in [-0.4, -0.2) is 28.5 Å². The first-order valence-corrected chi connectivity index (χ1v) is 6.99. The minimum atomic E-state index is -0.873. The second kappa shape index (κ2) is 6.89. The van der Waals surface area contributed by atoms with E-state index in [0.717, 1.165) is 0 Å².